The predicted octanol–water partition coefficient (Wildman–Crippen LogP) is 0.965. The zero-order chi connectivity index (χ0) is 16.5. The van der Waals surface area contributed by atoms with Gasteiger partial charge in [-0.2, -0.15) is 0 Å². The third-order valence-corrected chi connectivity index (χ3v) is 4.23. The van der Waals surface area contributed by atoms with Crippen LogP contribution >= 0.6 is 0 Å². The van der Waals surface area contributed by atoms with Gasteiger partial charge in [0, 0.05) is 22.7 Å². The molecule has 120 valence electrons. The van der Waals surface area contributed by atoms with Crippen LogP contribution in [0.15, 0.2) is 47.5 Å². The summed E-state index contributed by atoms with van der Waals surface area (Å²) in [7, 11) is 1.69. The van der Waals surface area contributed by atoms with E-state index in [0.717, 1.165) is 44.8 Å². The molecule has 3 aromatic rings. The fraction of sp³-hybridized carbons (Fsp3) is 0.150. The monoisotopic (exact) mass is 317 g/mol. The molecule has 3 heterocycles. The number of methoxy groups -OCH3 is 1. The Morgan fingerprint density at radius 1 is 1.12 bits per heavy atom. The van der Waals surface area contributed by atoms with Crippen molar-refractivity contribution in [1.82, 2.24) is 9.97 Å². The number of para-hydroxylation sites is 1. The van der Waals surface area contributed by atoms with E-state index in [4.69, 9.17) is 4.74 Å². The molecule has 4 nitrogen and oxygen atoms in total. The summed E-state index contributed by atoms with van der Waals surface area (Å²) in [6.45, 7) is 2.13. The van der Waals surface area contributed by atoms with Crippen molar-refractivity contribution in [3.8, 4) is 5.75 Å². The molecule has 0 unspecified atom stereocenters. The number of rotatable bonds is 3. The summed E-state index contributed by atoms with van der Waals surface area (Å²) < 4.78 is 5.52. The molecule has 0 fully saturated rings. The molecule has 4 heteroatoms. The fourth-order valence-electron chi connectivity index (χ4n) is 2.93. The van der Waals surface area contributed by atoms with E-state index in [1.807, 2.05) is 24.3 Å². The molecule has 0 radical (unpaired) electrons. The molecular formula is C20H19N3O. The van der Waals surface area contributed by atoms with Crippen LogP contribution in [0.3, 0.4) is 0 Å². The number of hydrogen-bond acceptors (Lipinski definition) is 2. The summed E-state index contributed by atoms with van der Waals surface area (Å²) >= 11 is 0. The van der Waals surface area contributed by atoms with Gasteiger partial charge in [-0.15, -0.1) is 0 Å². The van der Waals surface area contributed by atoms with Crippen LogP contribution < -0.4 is 26.0 Å². The highest BCUT2D eigenvalue weighted by Gasteiger charge is 2.05. The Morgan fingerprint density at radius 3 is 2.75 bits per heavy atom. The first-order valence-corrected chi connectivity index (χ1v) is 8.09. The number of fused-ring (bicyclic) bond motifs is 1. The lowest BCUT2D eigenvalue weighted by Crippen LogP contribution is -2.19. The van der Waals surface area contributed by atoms with Gasteiger partial charge >= 0.3 is 0 Å². The number of aromatic nitrogens is 2. The normalized spacial score (nSPS) is 15.8. The Morgan fingerprint density at radius 2 is 2.00 bits per heavy atom. The number of nitrogens with zero attached hydrogens (tertiary/aromatic N) is 1. The fourth-order valence-corrected chi connectivity index (χ4v) is 2.93. The molecule has 1 aromatic carbocycles. The summed E-state index contributed by atoms with van der Waals surface area (Å²) in [5.41, 5.74) is 3.20. The largest absolute Gasteiger partial charge is 0.494 e. The molecule has 0 atom stereocenters. The van der Waals surface area contributed by atoms with Gasteiger partial charge in [0.15, 0.2) is 0 Å². The summed E-state index contributed by atoms with van der Waals surface area (Å²) in [4.78, 5) is 11.5. The van der Waals surface area contributed by atoms with Crippen LogP contribution in [-0.2, 0) is 6.42 Å². The predicted molar refractivity (Wildman–Crippen MR) is 95.4 cm³/mol. The molecule has 1 aliphatic rings. The van der Waals surface area contributed by atoms with Gasteiger partial charge in [-0.25, -0.2) is 4.99 Å². The average Bonchev–Trinajstić information content (AvgIpc) is 3.32. The molecule has 2 aromatic heterocycles. The molecule has 0 saturated heterocycles. The van der Waals surface area contributed by atoms with Gasteiger partial charge in [0.2, 0.25) is 0 Å². The van der Waals surface area contributed by atoms with Crippen LogP contribution in [0.4, 0.5) is 0 Å². The molecule has 0 saturated carbocycles. The second-order valence-corrected chi connectivity index (χ2v) is 5.80. The third kappa shape index (κ3) is 2.56. The van der Waals surface area contributed by atoms with Crippen molar-refractivity contribution in [1.29, 1.82) is 0 Å². The van der Waals surface area contributed by atoms with Crippen LogP contribution in [0.5, 0.6) is 5.75 Å². The van der Waals surface area contributed by atoms with Gasteiger partial charge in [0.1, 0.15) is 5.75 Å². The molecule has 1 aliphatic heterocycles. The lowest BCUT2D eigenvalue weighted by Gasteiger charge is -1.93. The summed E-state index contributed by atoms with van der Waals surface area (Å²) in [5.74, 6) is 0.810. The summed E-state index contributed by atoms with van der Waals surface area (Å²) in [6.07, 6.45) is 5.14. The van der Waals surface area contributed by atoms with Crippen molar-refractivity contribution in [3.05, 3.63) is 75.1 Å². The first-order chi connectivity index (χ1) is 11.8. The highest BCUT2D eigenvalue weighted by molar-refractivity contribution is 5.76. The number of aryl methyl sites for hydroxylation is 1. The number of hydrogen-bond donors (Lipinski definition) is 2. The first-order valence-electron chi connectivity index (χ1n) is 8.09. The minimum absolute atomic E-state index is 0.810. The molecule has 24 heavy (non-hydrogen) atoms. The first kappa shape index (κ1) is 14.6. The second kappa shape index (κ2) is 5.89. The maximum Gasteiger partial charge on any atom is 0.144 e. The number of benzene rings is 1. The number of aromatic amines is 2. The topological polar surface area (TPSA) is 53.2 Å². The molecule has 0 amide bonds. The smallest absolute Gasteiger partial charge is 0.144 e. The molecular weight excluding hydrogens is 298 g/mol. The van der Waals surface area contributed by atoms with Gasteiger partial charge in [0.05, 0.1) is 28.9 Å². The van der Waals surface area contributed by atoms with Gasteiger partial charge < -0.3 is 14.7 Å². The zero-order valence-electron chi connectivity index (χ0n) is 13.8. The molecule has 0 spiro atoms. The maximum atomic E-state index is 5.52. The van der Waals surface area contributed by atoms with Crippen LogP contribution in [-0.4, -0.2) is 17.1 Å². The molecule has 2 N–H and O–H groups in total. The Kier molecular flexibility index (Phi) is 3.58. The van der Waals surface area contributed by atoms with E-state index in [9.17, 15) is 0 Å². The standard InChI is InChI=1S/C20H19N3O/c1-3-14-8-9-15(21-14)11-19-20(24-2)12-18(23-19)17-10-13-6-4-5-7-16(13)22-17/h4-12,21,23H,3H2,1-2H3. The van der Waals surface area contributed by atoms with E-state index in [1.54, 1.807) is 7.11 Å². The SMILES string of the molecule is CCc1ccc(C=c2[nH]c(=C3C=c4ccccc4=N3)cc2OC)[nH]1. The van der Waals surface area contributed by atoms with Gasteiger partial charge in [-0.1, -0.05) is 25.1 Å². The maximum absolute atomic E-state index is 5.52. The minimum Gasteiger partial charge on any atom is -0.494 e. The molecule has 4 rings (SSSR count). The van der Waals surface area contributed by atoms with Crippen molar-refractivity contribution in [2.24, 2.45) is 4.99 Å². The van der Waals surface area contributed by atoms with Gasteiger partial charge in [0.25, 0.3) is 0 Å². The lowest BCUT2D eigenvalue weighted by molar-refractivity contribution is 0.412. The van der Waals surface area contributed by atoms with Crippen molar-refractivity contribution in [2.45, 2.75) is 13.3 Å². The van der Waals surface area contributed by atoms with Crippen molar-refractivity contribution in [3.63, 3.8) is 0 Å². The number of ether oxygens (including phenoxy) is 1. The van der Waals surface area contributed by atoms with E-state index >= 15 is 0 Å². The van der Waals surface area contributed by atoms with Crippen LogP contribution in [0.25, 0.3) is 17.8 Å². The third-order valence-electron chi connectivity index (χ3n) is 4.23. The molecule has 0 bridgehead atoms. The average molecular weight is 317 g/mol. The van der Waals surface area contributed by atoms with E-state index in [1.165, 1.54) is 5.69 Å². The van der Waals surface area contributed by atoms with Crippen molar-refractivity contribution >= 4 is 17.8 Å². The van der Waals surface area contributed by atoms with E-state index in [2.05, 4.69) is 52.2 Å². The van der Waals surface area contributed by atoms with Crippen LogP contribution in [0, 0.1) is 0 Å². The van der Waals surface area contributed by atoms with Crippen LogP contribution in [0.1, 0.15) is 18.3 Å². The minimum atomic E-state index is 0.810. The number of H-pyrrole nitrogens is 2. The lowest BCUT2D eigenvalue weighted by atomic mass is 10.3. The van der Waals surface area contributed by atoms with Gasteiger partial charge in [-0.3, -0.25) is 0 Å². The number of nitrogens with one attached hydrogen (secondary N) is 2. The second-order valence-electron chi connectivity index (χ2n) is 5.80. The van der Waals surface area contributed by atoms with Crippen molar-refractivity contribution < 1.29 is 4.74 Å². The Hall–Kier alpha value is -3.01. The van der Waals surface area contributed by atoms with E-state index < -0.39 is 0 Å². The summed E-state index contributed by atoms with van der Waals surface area (Å²) in [6, 6.07) is 14.3. The Balaban J connectivity index is 1.87. The zero-order valence-corrected chi connectivity index (χ0v) is 13.8. The van der Waals surface area contributed by atoms with Gasteiger partial charge in [-0.05, 0) is 36.8 Å². The Labute approximate surface area is 139 Å². The Bertz CT molecular complexity index is 1100. The highest BCUT2D eigenvalue weighted by Crippen LogP contribution is 2.06. The van der Waals surface area contributed by atoms with E-state index in [-0.39, 0.29) is 0 Å². The van der Waals surface area contributed by atoms with E-state index in [0.29, 0.717) is 0 Å². The summed E-state index contributed by atoms with van der Waals surface area (Å²) in [5, 5.41) is 4.03. The molecule has 0 aliphatic carbocycles. The van der Waals surface area contributed by atoms with Crippen molar-refractivity contribution in [2.75, 3.05) is 7.11 Å². The quantitative estimate of drug-likeness (QED) is 0.743. The highest BCUT2D eigenvalue weighted by atomic mass is 16.5. The van der Waals surface area contributed by atoms with Crippen LogP contribution in [0.2, 0.25) is 0 Å².